The molecule has 0 bridgehead atoms. The quantitative estimate of drug-likeness (QED) is 0.566. The van der Waals surface area contributed by atoms with E-state index in [4.69, 9.17) is 16.3 Å². The van der Waals surface area contributed by atoms with Crippen molar-refractivity contribution in [2.45, 2.75) is 38.8 Å². The van der Waals surface area contributed by atoms with Crippen molar-refractivity contribution in [3.05, 3.63) is 64.7 Å². The van der Waals surface area contributed by atoms with E-state index in [0.29, 0.717) is 19.1 Å². The number of hydrogen-bond acceptors (Lipinski definition) is 3. The van der Waals surface area contributed by atoms with Gasteiger partial charge in [-0.05, 0) is 74.5 Å². The van der Waals surface area contributed by atoms with Gasteiger partial charge in [-0.15, -0.1) is 0 Å². The molecule has 0 aromatic heterocycles. The van der Waals surface area contributed by atoms with Crippen LogP contribution in [0.15, 0.2) is 48.5 Å². The van der Waals surface area contributed by atoms with Crippen LogP contribution >= 0.6 is 11.6 Å². The lowest BCUT2D eigenvalue weighted by Crippen LogP contribution is -2.44. The average molecular weight is 456 g/mol. The number of likely N-dealkylation sites (tertiary alicyclic amines) is 1. The standard InChI is InChI=1S/C26H34ClN3O2/c1-3-32-24-9-10-25(27)22(16-24)15-20-11-13-29(14-12-20)18-23-19-30(26(31)28(23)2)17-21-7-5-4-6-8-21/h4-10,16,20,23H,3,11-15,17-19H2,1-2H3. The van der Waals surface area contributed by atoms with E-state index < -0.39 is 0 Å². The maximum Gasteiger partial charge on any atom is 0.320 e. The molecule has 2 aliphatic rings. The molecule has 6 heteroatoms. The first-order chi connectivity index (χ1) is 15.5. The van der Waals surface area contributed by atoms with Crippen LogP contribution in [0.3, 0.4) is 0 Å². The Bertz CT molecular complexity index is 899. The van der Waals surface area contributed by atoms with E-state index in [1.165, 1.54) is 11.1 Å². The smallest absolute Gasteiger partial charge is 0.320 e. The van der Waals surface area contributed by atoms with E-state index in [9.17, 15) is 4.79 Å². The maximum atomic E-state index is 12.7. The fourth-order valence-electron chi connectivity index (χ4n) is 4.90. The summed E-state index contributed by atoms with van der Waals surface area (Å²) in [6.45, 7) is 7.24. The molecule has 2 amide bonds. The van der Waals surface area contributed by atoms with Crippen LogP contribution in [-0.2, 0) is 13.0 Å². The molecule has 172 valence electrons. The third-order valence-corrected chi connectivity index (χ3v) is 7.15. The van der Waals surface area contributed by atoms with E-state index in [-0.39, 0.29) is 12.1 Å². The van der Waals surface area contributed by atoms with Crippen molar-refractivity contribution in [1.29, 1.82) is 0 Å². The van der Waals surface area contributed by atoms with E-state index in [0.717, 1.165) is 56.2 Å². The fraction of sp³-hybridized carbons (Fsp3) is 0.500. The Morgan fingerprint density at radius 1 is 1.09 bits per heavy atom. The van der Waals surface area contributed by atoms with Crippen LogP contribution in [0.25, 0.3) is 0 Å². The first-order valence-electron chi connectivity index (χ1n) is 11.7. The molecule has 2 aromatic carbocycles. The summed E-state index contributed by atoms with van der Waals surface area (Å²) in [6, 6.07) is 16.6. The number of piperidine rings is 1. The van der Waals surface area contributed by atoms with Crippen molar-refractivity contribution in [1.82, 2.24) is 14.7 Å². The number of ether oxygens (including phenoxy) is 1. The van der Waals surface area contributed by atoms with Gasteiger partial charge in [0.2, 0.25) is 0 Å². The van der Waals surface area contributed by atoms with Crippen molar-refractivity contribution in [3.63, 3.8) is 0 Å². The monoisotopic (exact) mass is 455 g/mol. The third-order valence-electron chi connectivity index (χ3n) is 6.78. The Morgan fingerprint density at radius 2 is 1.84 bits per heavy atom. The Kier molecular flexibility index (Phi) is 7.59. The van der Waals surface area contributed by atoms with Crippen LogP contribution in [0, 0.1) is 5.92 Å². The number of benzene rings is 2. The number of carbonyl (C=O) groups is 1. The Hall–Kier alpha value is -2.24. The van der Waals surface area contributed by atoms with Gasteiger partial charge in [0.05, 0.1) is 12.6 Å². The summed E-state index contributed by atoms with van der Waals surface area (Å²) in [5, 5.41) is 0.834. The topological polar surface area (TPSA) is 36.0 Å². The molecule has 0 spiro atoms. The van der Waals surface area contributed by atoms with Gasteiger partial charge in [0.25, 0.3) is 0 Å². The van der Waals surface area contributed by atoms with Gasteiger partial charge in [0.1, 0.15) is 5.75 Å². The molecule has 0 N–H and O–H groups in total. The zero-order valence-corrected chi connectivity index (χ0v) is 19.9. The van der Waals surface area contributed by atoms with Crippen LogP contribution in [0.2, 0.25) is 5.02 Å². The molecule has 2 heterocycles. The minimum absolute atomic E-state index is 0.137. The van der Waals surface area contributed by atoms with Crippen LogP contribution in [0.5, 0.6) is 5.75 Å². The van der Waals surface area contributed by atoms with Gasteiger partial charge in [0, 0.05) is 31.7 Å². The minimum Gasteiger partial charge on any atom is -0.494 e. The molecule has 2 saturated heterocycles. The van der Waals surface area contributed by atoms with Crippen molar-refractivity contribution < 1.29 is 9.53 Å². The van der Waals surface area contributed by atoms with Crippen LogP contribution in [0.4, 0.5) is 4.79 Å². The first-order valence-corrected chi connectivity index (χ1v) is 12.1. The second-order valence-electron chi connectivity index (χ2n) is 9.05. The molecular weight excluding hydrogens is 422 g/mol. The van der Waals surface area contributed by atoms with Crippen LogP contribution in [0.1, 0.15) is 30.9 Å². The number of rotatable bonds is 8. The number of urea groups is 1. The third kappa shape index (κ3) is 5.57. The Labute approximate surface area is 196 Å². The number of likely N-dealkylation sites (N-methyl/N-ethyl adjacent to an activating group) is 1. The van der Waals surface area contributed by atoms with Gasteiger partial charge in [-0.25, -0.2) is 4.79 Å². The predicted molar refractivity (Wildman–Crippen MR) is 129 cm³/mol. The number of hydrogen-bond donors (Lipinski definition) is 0. The Morgan fingerprint density at radius 3 is 2.56 bits per heavy atom. The first kappa shape index (κ1) is 22.9. The molecule has 32 heavy (non-hydrogen) atoms. The molecule has 0 radical (unpaired) electrons. The van der Waals surface area contributed by atoms with Gasteiger partial charge in [0.15, 0.2) is 0 Å². The molecule has 4 rings (SSSR count). The lowest BCUT2D eigenvalue weighted by atomic mass is 9.90. The number of halogens is 1. The zero-order chi connectivity index (χ0) is 22.5. The molecule has 0 saturated carbocycles. The highest BCUT2D eigenvalue weighted by molar-refractivity contribution is 6.31. The lowest BCUT2D eigenvalue weighted by Gasteiger charge is -2.34. The summed E-state index contributed by atoms with van der Waals surface area (Å²) >= 11 is 6.45. The van der Waals surface area contributed by atoms with Gasteiger partial charge in [-0.2, -0.15) is 0 Å². The highest BCUT2D eigenvalue weighted by Crippen LogP contribution is 2.29. The lowest BCUT2D eigenvalue weighted by molar-refractivity contribution is 0.149. The van der Waals surface area contributed by atoms with Crippen molar-refractivity contribution in [2.75, 3.05) is 39.8 Å². The molecule has 1 unspecified atom stereocenters. The van der Waals surface area contributed by atoms with E-state index in [1.54, 1.807) is 0 Å². The summed E-state index contributed by atoms with van der Waals surface area (Å²) in [7, 11) is 1.94. The SMILES string of the molecule is CCOc1ccc(Cl)c(CC2CCN(CC3CN(Cc4ccccc4)C(=O)N3C)CC2)c1. The second-order valence-corrected chi connectivity index (χ2v) is 9.45. The fourth-order valence-corrected chi connectivity index (χ4v) is 5.09. The average Bonchev–Trinajstić information content (AvgIpc) is 3.06. The normalized spacial score (nSPS) is 20.2. The minimum atomic E-state index is 0.137. The van der Waals surface area contributed by atoms with E-state index >= 15 is 0 Å². The van der Waals surface area contributed by atoms with Crippen LogP contribution < -0.4 is 4.74 Å². The summed E-state index contributed by atoms with van der Waals surface area (Å²) in [6.07, 6.45) is 3.32. The molecule has 2 fully saturated rings. The summed E-state index contributed by atoms with van der Waals surface area (Å²) in [5.74, 6) is 1.54. The van der Waals surface area contributed by atoms with E-state index in [1.807, 2.05) is 54.1 Å². The summed E-state index contributed by atoms with van der Waals surface area (Å²) < 4.78 is 5.64. The molecule has 2 aromatic rings. The van der Waals surface area contributed by atoms with Gasteiger partial charge < -0.3 is 19.4 Å². The molecular formula is C26H34ClN3O2. The Balaban J connectivity index is 1.27. The van der Waals surface area contributed by atoms with Gasteiger partial charge >= 0.3 is 6.03 Å². The van der Waals surface area contributed by atoms with Crippen molar-refractivity contribution in [3.8, 4) is 5.75 Å². The van der Waals surface area contributed by atoms with Crippen LogP contribution in [-0.4, -0.2) is 66.6 Å². The van der Waals surface area contributed by atoms with Gasteiger partial charge in [-0.3, -0.25) is 0 Å². The molecule has 0 aliphatic carbocycles. The summed E-state index contributed by atoms with van der Waals surface area (Å²) in [5.41, 5.74) is 2.37. The maximum absolute atomic E-state index is 12.7. The zero-order valence-electron chi connectivity index (χ0n) is 19.2. The van der Waals surface area contributed by atoms with Crippen molar-refractivity contribution >= 4 is 17.6 Å². The van der Waals surface area contributed by atoms with Crippen molar-refractivity contribution in [2.24, 2.45) is 5.92 Å². The molecule has 2 aliphatic heterocycles. The van der Waals surface area contributed by atoms with Gasteiger partial charge in [-0.1, -0.05) is 41.9 Å². The largest absolute Gasteiger partial charge is 0.494 e. The summed E-state index contributed by atoms with van der Waals surface area (Å²) in [4.78, 5) is 19.2. The number of nitrogens with zero attached hydrogens (tertiary/aromatic N) is 3. The molecule has 1 atom stereocenters. The van der Waals surface area contributed by atoms with E-state index in [2.05, 4.69) is 23.1 Å². The number of carbonyl (C=O) groups excluding carboxylic acids is 1. The molecule has 5 nitrogen and oxygen atoms in total. The number of amides is 2. The highest BCUT2D eigenvalue weighted by Gasteiger charge is 2.36. The predicted octanol–water partition coefficient (Wildman–Crippen LogP) is 4.93. The highest BCUT2D eigenvalue weighted by atomic mass is 35.5. The second kappa shape index (κ2) is 10.6.